The van der Waals surface area contributed by atoms with Gasteiger partial charge in [0.25, 0.3) is 0 Å². The van der Waals surface area contributed by atoms with Crippen LogP contribution in [0.3, 0.4) is 0 Å². The van der Waals surface area contributed by atoms with E-state index >= 15 is 0 Å². The van der Waals surface area contributed by atoms with Gasteiger partial charge in [-0.3, -0.25) is 0 Å². The fraction of sp³-hybridized carbons (Fsp3) is 0.286. The second kappa shape index (κ2) is 6.91. The molecule has 1 aromatic carbocycles. The Morgan fingerprint density at radius 3 is 2.29 bits per heavy atom. The van der Waals surface area contributed by atoms with Gasteiger partial charge in [-0.05, 0) is 42.2 Å². The molecule has 0 aliphatic heterocycles. The Hall–Kier alpha value is -1.60. The second-order valence-electron chi connectivity index (χ2n) is 4.72. The average Bonchev–Trinajstić information content (AvgIpc) is 2.43. The minimum atomic E-state index is -0.563. The SMILES string of the molecule is CN(C)C(CNc1ncc(Br)cn1)c1c(F)cccc1F. The van der Waals surface area contributed by atoms with E-state index in [1.165, 1.54) is 18.2 Å². The Bertz CT molecular complexity index is 584. The van der Waals surface area contributed by atoms with Crippen molar-refractivity contribution in [1.29, 1.82) is 0 Å². The van der Waals surface area contributed by atoms with Crippen LogP contribution in [0.5, 0.6) is 0 Å². The number of hydrogen-bond donors (Lipinski definition) is 1. The van der Waals surface area contributed by atoms with Crippen molar-refractivity contribution in [2.24, 2.45) is 0 Å². The van der Waals surface area contributed by atoms with Gasteiger partial charge < -0.3 is 10.2 Å². The summed E-state index contributed by atoms with van der Waals surface area (Å²) >= 11 is 3.24. The third-order valence-electron chi connectivity index (χ3n) is 3.03. The summed E-state index contributed by atoms with van der Waals surface area (Å²) in [7, 11) is 3.53. The van der Waals surface area contributed by atoms with E-state index in [0.717, 1.165) is 4.47 Å². The molecule has 0 saturated carbocycles. The van der Waals surface area contributed by atoms with Crippen LogP contribution in [-0.4, -0.2) is 35.5 Å². The quantitative estimate of drug-likeness (QED) is 0.892. The van der Waals surface area contributed by atoms with Crippen LogP contribution in [0, 0.1) is 11.6 Å². The van der Waals surface area contributed by atoms with E-state index in [4.69, 9.17) is 0 Å². The Morgan fingerprint density at radius 2 is 1.76 bits per heavy atom. The molecule has 112 valence electrons. The zero-order valence-corrected chi connectivity index (χ0v) is 13.2. The average molecular weight is 357 g/mol. The first-order chi connectivity index (χ1) is 9.99. The molecular weight excluding hydrogens is 342 g/mol. The standard InChI is InChI=1S/C14H15BrF2N4/c1-21(2)12(13-10(16)4-3-5-11(13)17)8-20-14-18-6-9(15)7-19-14/h3-7,12H,8H2,1-2H3,(H,18,19,20). The third kappa shape index (κ3) is 3.95. The zero-order chi connectivity index (χ0) is 15.4. The summed E-state index contributed by atoms with van der Waals surface area (Å²) in [6.07, 6.45) is 3.20. The monoisotopic (exact) mass is 356 g/mol. The van der Waals surface area contributed by atoms with E-state index in [9.17, 15) is 8.78 Å². The number of benzene rings is 1. The van der Waals surface area contributed by atoms with Crippen LogP contribution in [-0.2, 0) is 0 Å². The summed E-state index contributed by atoms with van der Waals surface area (Å²) in [6.45, 7) is 0.284. The van der Waals surface area contributed by atoms with E-state index in [2.05, 4.69) is 31.2 Å². The first-order valence-corrected chi connectivity index (χ1v) is 7.10. The number of likely N-dealkylation sites (N-methyl/N-ethyl adjacent to an activating group) is 1. The van der Waals surface area contributed by atoms with E-state index in [-0.39, 0.29) is 12.1 Å². The molecule has 1 unspecified atom stereocenters. The van der Waals surface area contributed by atoms with E-state index in [0.29, 0.717) is 5.95 Å². The molecule has 0 fully saturated rings. The number of hydrogen-bond acceptors (Lipinski definition) is 4. The van der Waals surface area contributed by atoms with Crippen LogP contribution in [0.25, 0.3) is 0 Å². The maximum Gasteiger partial charge on any atom is 0.222 e. The lowest BCUT2D eigenvalue weighted by atomic mass is 10.0. The van der Waals surface area contributed by atoms with E-state index in [1.807, 2.05) is 0 Å². The van der Waals surface area contributed by atoms with Gasteiger partial charge in [-0.25, -0.2) is 18.7 Å². The zero-order valence-electron chi connectivity index (χ0n) is 11.6. The summed E-state index contributed by atoms with van der Waals surface area (Å²) in [4.78, 5) is 9.89. The van der Waals surface area contributed by atoms with Crippen molar-refractivity contribution in [1.82, 2.24) is 14.9 Å². The third-order valence-corrected chi connectivity index (χ3v) is 3.44. The molecule has 2 aromatic rings. The minimum absolute atomic E-state index is 0.0344. The van der Waals surface area contributed by atoms with E-state index < -0.39 is 17.7 Å². The lowest BCUT2D eigenvalue weighted by molar-refractivity contribution is 0.295. The Kier molecular flexibility index (Phi) is 5.19. The molecule has 1 N–H and O–H groups in total. The molecule has 0 bridgehead atoms. The number of nitrogens with one attached hydrogen (secondary N) is 1. The lowest BCUT2D eigenvalue weighted by Crippen LogP contribution is -2.29. The molecule has 0 saturated heterocycles. The maximum absolute atomic E-state index is 13.9. The van der Waals surface area contributed by atoms with Crippen LogP contribution in [0.15, 0.2) is 35.1 Å². The number of anilines is 1. The maximum atomic E-state index is 13.9. The predicted molar refractivity (Wildman–Crippen MR) is 81.0 cm³/mol. The van der Waals surface area contributed by atoms with Crippen molar-refractivity contribution in [2.75, 3.05) is 26.0 Å². The fourth-order valence-corrected chi connectivity index (χ4v) is 2.17. The highest BCUT2D eigenvalue weighted by molar-refractivity contribution is 9.10. The Labute approximate surface area is 130 Å². The molecule has 1 aromatic heterocycles. The van der Waals surface area contributed by atoms with Gasteiger partial charge in [0.2, 0.25) is 5.95 Å². The summed E-state index contributed by atoms with van der Waals surface area (Å²) in [6, 6.07) is 3.39. The largest absolute Gasteiger partial charge is 0.352 e. The van der Waals surface area contributed by atoms with Crippen molar-refractivity contribution in [2.45, 2.75) is 6.04 Å². The first-order valence-electron chi connectivity index (χ1n) is 6.31. The van der Waals surface area contributed by atoms with Gasteiger partial charge in [-0.1, -0.05) is 6.07 Å². The van der Waals surface area contributed by atoms with Crippen LogP contribution < -0.4 is 5.32 Å². The highest BCUT2D eigenvalue weighted by atomic mass is 79.9. The molecular formula is C14H15BrF2N4. The highest BCUT2D eigenvalue weighted by Crippen LogP contribution is 2.24. The molecule has 0 aliphatic rings. The fourth-order valence-electron chi connectivity index (χ4n) is 1.96. The van der Waals surface area contributed by atoms with Gasteiger partial charge in [0.15, 0.2) is 0 Å². The molecule has 2 rings (SSSR count). The van der Waals surface area contributed by atoms with Crippen molar-refractivity contribution < 1.29 is 8.78 Å². The van der Waals surface area contributed by atoms with Gasteiger partial charge in [-0.15, -0.1) is 0 Å². The molecule has 1 heterocycles. The van der Waals surface area contributed by atoms with Crippen LogP contribution in [0.2, 0.25) is 0 Å². The second-order valence-corrected chi connectivity index (χ2v) is 5.64. The molecule has 21 heavy (non-hydrogen) atoms. The first kappa shape index (κ1) is 15.8. The van der Waals surface area contributed by atoms with Crippen LogP contribution in [0.4, 0.5) is 14.7 Å². The van der Waals surface area contributed by atoms with Crippen molar-refractivity contribution in [3.05, 3.63) is 52.3 Å². The Morgan fingerprint density at radius 1 is 1.19 bits per heavy atom. The van der Waals surface area contributed by atoms with Gasteiger partial charge >= 0.3 is 0 Å². The summed E-state index contributed by atoms with van der Waals surface area (Å²) in [5.74, 6) is -0.721. The molecule has 0 radical (unpaired) electrons. The minimum Gasteiger partial charge on any atom is -0.352 e. The summed E-state index contributed by atoms with van der Waals surface area (Å²) in [5, 5.41) is 2.99. The molecule has 0 spiro atoms. The van der Waals surface area contributed by atoms with Gasteiger partial charge in [-0.2, -0.15) is 0 Å². The van der Waals surface area contributed by atoms with Crippen molar-refractivity contribution in [3.8, 4) is 0 Å². The number of rotatable bonds is 5. The normalized spacial score (nSPS) is 12.5. The molecule has 0 amide bonds. The highest BCUT2D eigenvalue weighted by Gasteiger charge is 2.22. The van der Waals surface area contributed by atoms with Gasteiger partial charge in [0, 0.05) is 24.5 Å². The lowest BCUT2D eigenvalue weighted by Gasteiger charge is -2.25. The predicted octanol–water partition coefficient (Wildman–Crippen LogP) is 3.23. The molecule has 4 nitrogen and oxygen atoms in total. The number of aromatic nitrogens is 2. The van der Waals surface area contributed by atoms with Gasteiger partial charge in [0.05, 0.1) is 10.5 Å². The van der Waals surface area contributed by atoms with Crippen molar-refractivity contribution >= 4 is 21.9 Å². The molecule has 7 heteroatoms. The number of halogens is 3. The number of nitrogens with zero attached hydrogens (tertiary/aromatic N) is 3. The van der Waals surface area contributed by atoms with E-state index in [1.54, 1.807) is 31.4 Å². The topological polar surface area (TPSA) is 41.0 Å². The summed E-state index contributed by atoms with van der Waals surface area (Å²) in [5.41, 5.74) is 0.0344. The summed E-state index contributed by atoms with van der Waals surface area (Å²) < 4.78 is 28.6. The Balaban J connectivity index is 2.18. The smallest absolute Gasteiger partial charge is 0.222 e. The van der Waals surface area contributed by atoms with Gasteiger partial charge in [0.1, 0.15) is 11.6 Å². The molecule has 0 aliphatic carbocycles. The van der Waals surface area contributed by atoms with Crippen LogP contribution >= 0.6 is 15.9 Å². The molecule has 1 atom stereocenters. The van der Waals surface area contributed by atoms with Crippen molar-refractivity contribution in [3.63, 3.8) is 0 Å². The van der Waals surface area contributed by atoms with Crippen LogP contribution in [0.1, 0.15) is 11.6 Å².